The van der Waals surface area contributed by atoms with Crippen LogP contribution in [0.3, 0.4) is 0 Å². The Morgan fingerprint density at radius 2 is 1.71 bits per heavy atom. The molecule has 3 fully saturated rings. The predicted octanol–water partition coefficient (Wildman–Crippen LogP) is 2.51. The van der Waals surface area contributed by atoms with E-state index in [1.54, 1.807) is 0 Å². The molecule has 5 nitrogen and oxygen atoms in total. The van der Waals surface area contributed by atoms with Gasteiger partial charge in [0.25, 0.3) is 0 Å². The van der Waals surface area contributed by atoms with Gasteiger partial charge in [0.1, 0.15) is 0 Å². The minimum Gasteiger partial charge on any atom is -0.481 e. The second kappa shape index (κ2) is 5.85. The van der Waals surface area contributed by atoms with Crippen molar-refractivity contribution in [2.45, 2.75) is 63.8 Å². The Balaban J connectivity index is 1.38. The summed E-state index contributed by atoms with van der Waals surface area (Å²) in [5.41, 5.74) is 0.378. The first-order valence-corrected chi connectivity index (χ1v) is 8.33. The molecule has 3 N–H and O–H groups in total. The average molecular weight is 294 g/mol. The first-order chi connectivity index (χ1) is 10.1. The van der Waals surface area contributed by atoms with Crippen molar-refractivity contribution in [1.82, 2.24) is 10.6 Å². The number of amides is 2. The van der Waals surface area contributed by atoms with E-state index in [-0.39, 0.29) is 18.0 Å². The first kappa shape index (κ1) is 14.7. The van der Waals surface area contributed by atoms with Crippen LogP contribution in [0.25, 0.3) is 0 Å². The van der Waals surface area contributed by atoms with E-state index in [4.69, 9.17) is 5.11 Å². The zero-order valence-corrected chi connectivity index (χ0v) is 12.6. The van der Waals surface area contributed by atoms with Crippen molar-refractivity contribution in [2.75, 3.05) is 6.54 Å². The Morgan fingerprint density at radius 3 is 2.24 bits per heavy atom. The van der Waals surface area contributed by atoms with Gasteiger partial charge >= 0.3 is 12.0 Å². The number of rotatable bonds is 4. The van der Waals surface area contributed by atoms with Gasteiger partial charge in [0.15, 0.2) is 0 Å². The van der Waals surface area contributed by atoms with Crippen molar-refractivity contribution in [3.05, 3.63) is 0 Å². The molecule has 0 spiro atoms. The topological polar surface area (TPSA) is 78.4 Å². The van der Waals surface area contributed by atoms with Crippen LogP contribution in [-0.4, -0.2) is 29.7 Å². The van der Waals surface area contributed by atoms with Crippen LogP contribution in [0.5, 0.6) is 0 Å². The van der Waals surface area contributed by atoms with E-state index in [2.05, 4.69) is 10.6 Å². The standard InChI is InChI=1S/C16H26N2O3/c19-14(20)12-1-3-13(4-2-12)18-15(21)17-10-16-7-5-11(9-16)6-8-16/h11-13H,1-10H2,(H,19,20)(H2,17,18,21). The number of urea groups is 1. The highest BCUT2D eigenvalue weighted by molar-refractivity contribution is 5.74. The van der Waals surface area contributed by atoms with Gasteiger partial charge in [-0.05, 0) is 69.1 Å². The van der Waals surface area contributed by atoms with E-state index in [1.165, 1.54) is 32.1 Å². The number of nitrogens with one attached hydrogen (secondary N) is 2. The SMILES string of the molecule is O=C(NCC12CCC(CC1)C2)NC1CCC(C(=O)O)CC1. The number of carboxylic acid groups (broad SMARTS) is 1. The van der Waals surface area contributed by atoms with Gasteiger partial charge < -0.3 is 15.7 Å². The second-order valence-corrected chi connectivity index (χ2v) is 7.36. The van der Waals surface area contributed by atoms with Crippen molar-refractivity contribution in [2.24, 2.45) is 17.3 Å². The Labute approximate surface area is 125 Å². The number of fused-ring (bicyclic) bond motifs is 2. The monoisotopic (exact) mass is 294 g/mol. The summed E-state index contributed by atoms with van der Waals surface area (Å²) in [6, 6.07) is 0.0662. The third kappa shape index (κ3) is 3.33. The molecule has 0 unspecified atom stereocenters. The molecule has 21 heavy (non-hydrogen) atoms. The van der Waals surface area contributed by atoms with Crippen LogP contribution in [0.2, 0.25) is 0 Å². The van der Waals surface area contributed by atoms with Crippen molar-refractivity contribution < 1.29 is 14.7 Å². The molecular weight excluding hydrogens is 268 g/mol. The fraction of sp³-hybridized carbons (Fsp3) is 0.875. The lowest BCUT2D eigenvalue weighted by Gasteiger charge is -2.29. The van der Waals surface area contributed by atoms with Gasteiger partial charge in [0, 0.05) is 12.6 Å². The molecule has 0 aromatic carbocycles. The molecule has 3 aliphatic rings. The Bertz CT molecular complexity index is 408. The van der Waals surface area contributed by atoms with Crippen LogP contribution >= 0.6 is 0 Å². The van der Waals surface area contributed by atoms with Crippen LogP contribution in [0, 0.1) is 17.3 Å². The van der Waals surface area contributed by atoms with Crippen LogP contribution < -0.4 is 10.6 Å². The van der Waals surface area contributed by atoms with E-state index in [9.17, 15) is 9.59 Å². The Morgan fingerprint density at radius 1 is 1.05 bits per heavy atom. The van der Waals surface area contributed by atoms with Crippen molar-refractivity contribution in [3.8, 4) is 0 Å². The second-order valence-electron chi connectivity index (χ2n) is 7.36. The highest BCUT2D eigenvalue weighted by atomic mass is 16.4. The van der Waals surface area contributed by atoms with Gasteiger partial charge in [0.2, 0.25) is 0 Å². The Kier molecular flexibility index (Phi) is 4.09. The lowest BCUT2D eigenvalue weighted by atomic mass is 9.84. The van der Waals surface area contributed by atoms with Gasteiger partial charge in [0.05, 0.1) is 5.92 Å². The fourth-order valence-electron chi connectivity index (χ4n) is 4.55. The third-order valence-electron chi connectivity index (χ3n) is 5.92. The molecule has 3 saturated carbocycles. The van der Waals surface area contributed by atoms with Crippen LogP contribution in [0.15, 0.2) is 0 Å². The zero-order valence-electron chi connectivity index (χ0n) is 12.6. The molecule has 0 heterocycles. The number of carbonyl (C=O) groups is 2. The average Bonchev–Trinajstić information content (AvgIpc) is 3.07. The highest BCUT2D eigenvalue weighted by Crippen LogP contribution is 2.53. The lowest BCUT2D eigenvalue weighted by molar-refractivity contribution is -0.142. The number of hydrogen-bond donors (Lipinski definition) is 3. The largest absolute Gasteiger partial charge is 0.481 e. The summed E-state index contributed by atoms with van der Waals surface area (Å²) in [6.45, 7) is 0.805. The molecule has 0 aromatic rings. The van der Waals surface area contributed by atoms with Crippen LogP contribution in [-0.2, 0) is 4.79 Å². The minimum atomic E-state index is -0.700. The summed E-state index contributed by atoms with van der Waals surface area (Å²) in [4.78, 5) is 22.9. The molecule has 3 rings (SSSR count). The molecule has 118 valence electrons. The summed E-state index contributed by atoms with van der Waals surface area (Å²) in [5, 5.41) is 15.0. The minimum absolute atomic E-state index is 0.0708. The van der Waals surface area contributed by atoms with Crippen molar-refractivity contribution in [3.63, 3.8) is 0 Å². The molecular formula is C16H26N2O3. The van der Waals surface area contributed by atoms with Gasteiger partial charge in [-0.25, -0.2) is 4.79 Å². The number of carbonyl (C=O) groups excluding carboxylic acids is 1. The zero-order chi connectivity index (χ0) is 14.9. The van der Waals surface area contributed by atoms with E-state index >= 15 is 0 Å². The Hall–Kier alpha value is -1.26. The van der Waals surface area contributed by atoms with E-state index in [0.29, 0.717) is 18.3 Å². The maximum Gasteiger partial charge on any atom is 0.315 e. The van der Waals surface area contributed by atoms with Gasteiger partial charge in [-0.1, -0.05) is 0 Å². The molecule has 0 atom stereocenters. The summed E-state index contributed by atoms with van der Waals surface area (Å²) < 4.78 is 0. The summed E-state index contributed by atoms with van der Waals surface area (Å²) in [6.07, 6.45) is 9.39. The van der Waals surface area contributed by atoms with Gasteiger partial charge in [-0.15, -0.1) is 0 Å². The van der Waals surface area contributed by atoms with Gasteiger partial charge in [-0.2, -0.15) is 0 Å². The molecule has 3 aliphatic carbocycles. The smallest absolute Gasteiger partial charge is 0.315 e. The predicted molar refractivity (Wildman–Crippen MR) is 78.9 cm³/mol. The first-order valence-electron chi connectivity index (χ1n) is 8.33. The van der Waals surface area contributed by atoms with E-state index < -0.39 is 5.97 Å². The summed E-state index contributed by atoms with van der Waals surface area (Å²) in [5.74, 6) is -0.0194. The van der Waals surface area contributed by atoms with E-state index in [0.717, 1.165) is 25.3 Å². The molecule has 0 aliphatic heterocycles. The lowest BCUT2D eigenvalue weighted by Crippen LogP contribution is -2.46. The summed E-state index contributed by atoms with van der Waals surface area (Å²) >= 11 is 0. The highest BCUT2D eigenvalue weighted by Gasteiger charge is 2.44. The van der Waals surface area contributed by atoms with E-state index in [1.807, 2.05) is 0 Å². The van der Waals surface area contributed by atoms with Crippen molar-refractivity contribution >= 4 is 12.0 Å². The third-order valence-corrected chi connectivity index (χ3v) is 5.92. The normalized spacial score (nSPS) is 38.2. The maximum atomic E-state index is 12.0. The van der Waals surface area contributed by atoms with Crippen LogP contribution in [0.1, 0.15) is 57.8 Å². The fourth-order valence-corrected chi connectivity index (χ4v) is 4.55. The van der Waals surface area contributed by atoms with Gasteiger partial charge in [-0.3, -0.25) is 4.79 Å². The summed E-state index contributed by atoms with van der Waals surface area (Å²) in [7, 11) is 0. The number of carboxylic acids is 1. The molecule has 2 bridgehead atoms. The maximum absolute atomic E-state index is 12.0. The molecule has 2 amide bonds. The molecule has 5 heteroatoms. The number of hydrogen-bond acceptors (Lipinski definition) is 2. The number of aliphatic carboxylic acids is 1. The molecule has 0 aromatic heterocycles. The quantitative estimate of drug-likeness (QED) is 0.745. The molecule has 0 saturated heterocycles. The molecule has 0 radical (unpaired) electrons. The van der Waals surface area contributed by atoms with Crippen LogP contribution in [0.4, 0.5) is 4.79 Å². The van der Waals surface area contributed by atoms with Crippen molar-refractivity contribution in [1.29, 1.82) is 0 Å².